The molecule has 6 nitrogen and oxygen atoms in total. The van der Waals surface area contributed by atoms with Gasteiger partial charge in [0.1, 0.15) is 0 Å². The minimum Gasteiger partial charge on any atom is -0.320 e. The Labute approximate surface area is 199 Å². The summed E-state index contributed by atoms with van der Waals surface area (Å²) in [7, 11) is 1.62. The van der Waals surface area contributed by atoms with E-state index in [1.54, 1.807) is 19.4 Å². The minimum absolute atomic E-state index is 0.0945. The Morgan fingerprint density at radius 1 is 1.11 bits per heavy atom. The first-order chi connectivity index (χ1) is 16.8. The topological polar surface area (TPSA) is 71.8 Å². The van der Waals surface area contributed by atoms with Gasteiger partial charge >= 0.3 is 6.18 Å². The van der Waals surface area contributed by atoms with Crippen molar-refractivity contribution in [2.75, 3.05) is 11.9 Å². The molecule has 0 bridgehead atoms. The van der Waals surface area contributed by atoms with Crippen LogP contribution in [0.3, 0.4) is 0 Å². The van der Waals surface area contributed by atoms with E-state index >= 15 is 0 Å². The van der Waals surface area contributed by atoms with E-state index in [1.807, 2.05) is 30.3 Å². The summed E-state index contributed by atoms with van der Waals surface area (Å²) in [5.74, 6) is -0.524. The Hall–Kier alpha value is -3.98. The molecule has 1 aliphatic heterocycles. The van der Waals surface area contributed by atoms with Crippen LogP contribution in [0.5, 0.6) is 0 Å². The van der Waals surface area contributed by atoms with Crippen LogP contribution in [0.1, 0.15) is 27.2 Å². The number of carbonyl (C=O) groups is 1. The van der Waals surface area contributed by atoms with Crippen LogP contribution in [-0.2, 0) is 26.2 Å². The zero-order chi connectivity index (χ0) is 24.6. The van der Waals surface area contributed by atoms with Crippen molar-refractivity contribution in [2.45, 2.75) is 19.1 Å². The lowest BCUT2D eigenvalue weighted by molar-refractivity contribution is -0.137. The maximum Gasteiger partial charge on any atom is 0.417 e. The smallest absolute Gasteiger partial charge is 0.320 e. The molecule has 0 saturated heterocycles. The Morgan fingerprint density at radius 2 is 1.91 bits per heavy atom. The molecule has 2 N–H and O–H groups in total. The molecule has 2 aromatic heterocycles. The van der Waals surface area contributed by atoms with E-state index in [-0.39, 0.29) is 16.8 Å². The van der Waals surface area contributed by atoms with Crippen LogP contribution in [0.15, 0.2) is 67.0 Å². The summed E-state index contributed by atoms with van der Waals surface area (Å²) in [6.07, 6.45) is -0.670. The van der Waals surface area contributed by atoms with Crippen molar-refractivity contribution >= 4 is 11.6 Å². The molecule has 9 heteroatoms. The Bertz CT molecular complexity index is 1400. The van der Waals surface area contributed by atoms with Crippen LogP contribution < -0.4 is 10.6 Å². The zero-order valence-electron chi connectivity index (χ0n) is 18.9. The van der Waals surface area contributed by atoms with Gasteiger partial charge in [0.25, 0.3) is 5.91 Å². The molecule has 2 aromatic carbocycles. The summed E-state index contributed by atoms with van der Waals surface area (Å²) in [6, 6.07) is 14.5. The van der Waals surface area contributed by atoms with Gasteiger partial charge in [-0.05, 0) is 48.4 Å². The van der Waals surface area contributed by atoms with Crippen LogP contribution in [0.2, 0.25) is 0 Å². The monoisotopic (exact) mass is 477 g/mol. The Kier molecular flexibility index (Phi) is 5.86. The van der Waals surface area contributed by atoms with Gasteiger partial charge in [-0.2, -0.15) is 18.3 Å². The zero-order valence-corrected chi connectivity index (χ0v) is 18.9. The number of hydrogen-bond donors (Lipinski definition) is 2. The fourth-order valence-corrected chi connectivity index (χ4v) is 4.36. The molecule has 178 valence electrons. The van der Waals surface area contributed by atoms with Gasteiger partial charge in [0.2, 0.25) is 0 Å². The van der Waals surface area contributed by atoms with Gasteiger partial charge in [-0.3, -0.25) is 14.5 Å². The molecule has 1 aliphatic rings. The summed E-state index contributed by atoms with van der Waals surface area (Å²) >= 11 is 0. The maximum atomic E-state index is 13.7. The second-order valence-corrected chi connectivity index (χ2v) is 8.35. The number of carbonyl (C=O) groups excluding carboxylic acids is 1. The molecule has 35 heavy (non-hydrogen) atoms. The van der Waals surface area contributed by atoms with E-state index in [0.717, 1.165) is 41.4 Å². The number of anilines is 1. The minimum atomic E-state index is -4.58. The van der Waals surface area contributed by atoms with Gasteiger partial charge in [0, 0.05) is 36.5 Å². The van der Waals surface area contributed by atoms with E-state index < -0.39 is 17.6 Å². The van der Waals surface area contributed by atoms with Gasteiger partial charge in [-0.25, -0.2) is 0 Å². The molecule has 4 aromatic rings. The third-order valence-corrected chi connectivity index (χ3v) is 6.00. The quantitative estimate of drug-likeness (QED) is 0.431. The first kappa shape index (κ1) is 22.8. The van der Waals surface area contributed by atoms with Crippen LogP contribution in [0, 0.1) is 0 Å². The third kappa shape index (κ3) is 4.54. The predicted octanol–water partition coefficient (Wildman–Crippen LogP) is 5.07. The van der Waals surface area contributed by atoms with Crippen molar-refractivity contribution in [3.8, 4) is 22.4 Å². The fourth-order valence-electron chi connectivity index (χ4n) is 4.36. The largest absolute Gasteiger partial charge is 0.417 e. The van der Waals surface area contributed by atoms with E-state index in [4.69, 9.17) is 0 Å². The lowest BCUT2D eigenvalue weighted by Crippen LogP contribution is -2.26. The fraction of sp³-hybridized carbons (Fsp3) is 0.192. The van der Waals surface area contributed by atoms with Crippen molar-refractivity contribution in [3.05, 3.63) is 89.4 Å². The average molecular weight is 477 g/mol. The van der Waals surface area contributed by atoms with Gasteiger partial charge in [-0.1, -0.05) is 30.3 Å². The van der Waals surface area contributed by atoms with E-state index in [9.17, 15) is 18.0 Å². The molecule has 0 radical (unpaired) electrons. The lowest BCUT2D eigenvalue weighted by atomic mass is 9.93. The normalized spacial score (nSPS) is 13.4. The van der Waals surface area contributed by atoms with Crippen molar-refractivity contribution in [1.29, 1.82) is 0 Å². The summed E-state index contributed by atoms with van der Waals surface area (Å²) in [5.41, 5.74) is 3.53. The molecule has 0 spiro atoms. The molecule has 0 aliphatic carbocycles. The number of benzene rings is 2. The summed E-state index contributed by atoms with van der Waals surface area (Å²) in [4.78, 5) is 17.8. The standard InChI is InChI=1S/C26H22F3N5O/c1-34-12-10-21(33-34)19-13-17(7-8-20(19)26(27,28)29)25(35)32-23-15-31-22-14-30-11-9-18(22)24(23)16-5-3-2-4-6-16/h2-8,10,12-13,15,30H,9,11,14H2,1H3,(H,32,35). The van der Waals surface area contributed by atoms with Crippen LogP contribution in [-0.4, -0.2) is 27.2 Å². The summed E-state index contributed by atoms with van der Waals surface area (Å²) in [6.45, 7) is 1.42. The summed E-state index contributed by atoms with van der Waals surface area (Å²) < 4.78 is 42.4. The molecule has 3 heterocycles. The first-order valence-corrected chi connectivity index (χ1v) is 11.1. The molecular weight excluding hydrogens is 455 g/mol. The molecule has 1 amide bonds. The number of halogens is 3. The van der Waals surface area contributed by atoms with Crippen molar-refractivity contribution < 1.29 is 18.0 Å². The molecule has 0 saturated carbocycles. The van der Waals surface area contributed by atoms with E-state index in [0.29, 0.717) is 12.2 Å². The van der Waals surface area contributed by atoms with Gasteiger partial charge in [-0.15, -0.1) is 0 Å². The van der Waals surface area contributed by atoms with Gasteiger partial charge in [0.15, 0.2) is 0 Å². The molecule has 0 atom stereocenters. The van der Waals surface area contributed by atoms with E-state index in [1.165, 1.54) is 22.9 Å². The van der Waals surface area contributed by atoms with E-state index in [2.05, 4.69) is 20.7 Å². The summed E-state index contributed by atoms with van der Waals surface area (Å²) in [5, 5.41) is 10.3. The number of pyridine rings is 1. The first-order valence-electron chi connectivity index (χ1n) is 11.1. The van der Waals surface area contributed by atoms with Crippen molar-refractivity contribution in [3.63, 3.8) is 0 Å². The highest BCUT2D eigenvalue weighted by Crippen LogP contribution is 2.38. The molecular formula is C26H22F3N5O. The Balaban J connectivity index is 1.55. The molecule has 0 unspecified atom stereocenters. The maximum absolute atomic E-state index is 13.7. The number of fused-ring (bicyclic) bond motifs is 1. The second-order valence-electron chi connectivity index (χ2n) is 8.35. The second kappa shape index (κ2) is 8.99. The third-order valence-electron chi connectivity index (χ3n) is 6.00. The van der Waals surface area contributed by atoms with Crippen LogP contribution in [0.25, 0.3) is 22.4 Å². The van der Waals surface area contributed by atoms with Gasteiger partial charge in [0.05, 0.1) is 28.8 Å². The number of alkyl halides is 3. The lowest BCUT2D eigenvalue weighted by Gasteiger charge is -2.22. The average Bonchev–Trinajstić information content (AvgIpc) is 3.29. The van der Waals surface area contributed by atoms with Crippen molar-refractivity contribution in [2.24, 2.45) is 7.05 Å². The number of aryl methyl sites for hydroxylation is 1. The predicted molar refractivity (Wildman–Crippen MR) is 127 cm³/mol. The number of nitrogens with zero attached hydrogens (tertiary/aromatic N) is 3. The van der Waals surface area contributed by atoms with Crippen molar-refractivity contribution in [1.82, 2.24) is 20.1 Å². The van der Waals surface area contributed by atoms with Crippen LogP contribution >= 0.6 is 0 Å². The Morgan fingerprint density at radius 3 is 2.63 bits per heavy atom. The SMILES string of the molecule is Cn1ccc(-c2cc(C(=O)Nc3cnc4c(c3-c3ccccc3)CCNC4)ccc2C(F)(F)F)n1. The van der Waals surface area contributed by atoms with Crippen LogP contribution in [0.4, 0.5) is 18.9 Å². The highest BCUT2D eigenvalue weighted by Gasteiger charge is 2.34. The molecule has 5 rings (SSSR count). The molecule has 0 fully saturated rings. The number of nitrogens with one attached hydrogen (secondary N) is 2. The van der Waals surface area contributed by atoms with Gasteiger partial charge < -0.3 is 10.6 Å². The number of aromatic nitrogens is 3. The highest BCUT2D eigenvalue weighted by molar-refractivity contribution is 6.07. The number of rotatable bonds is 4. The number of hydrogen-bond acceptors (Lipinski definition) is 4. The highest BCUT2D eigenvalue weighted by atomic mass is 19.4. The number of amides is 1.